The van der Waals surface area contributed by atoms with E-state index < -0.39 is 0 Å². The van der Waals surface area contributed by atoms with Crippen molar-refractivity contribution in [3.8, 4) is 0 Å². The van der Waals surface area contributed by atoms with Crippen molar-refractivity contribution in [3.05, 3.63) is 0 Å². The van der Waals surface area contributed by atoms with Gasteiger partial charge >= 0.3 is 0 Å². The Morgan fingerprint density at radius 3 is 2.65 bits per heavy atom. The lowest BCUT2D eigenvalue weighted by atomic mass is 10.2. The van der Waals surface area contributed by atoms with Gasteiger partial charge in [0, 0.05) is 24.3 Å². The van der Waals surface area contributed by atoms with Crippen molar-refractivity contribution in [1.29, 1.82) is 0 Å². The Labute approximate surface area is 126 Å². The molecule has 1 unspecified atom stereocenters. The minimum absolute atomic E-state index is 0.00524. The van der Waals surface area contributed by atoms with Gasteiger partial charge in [-0.25, -0.2) is 0 Å². The van der Waals surface area contributed by atoms with Crippen LogP contribution >= 0.6 is 11.8 Å². The smallest absolute Gasteiger partial charge is 0.230 e. The SMILES string of the molecule is CCC(C)NC(=O)CCNC(=O)CSC1CCNCC1. The van der Waals surface area contributed by atoms with Crippen molar-refractivity contribution >= 4 is 23.6 Å². The fourth-order valence-corrected chi connectivity index (χ4v) is 3.03. The molecule has 1 fully saturated rings. The summed E-state index contributed by atoms with van der Waals surface area (Å²) in [6, 6.07) is 0.202. The van der Waals surface area contributed by atoms with Crippen LogP contribution in [0.3, 0.4) is 0 Å². The van der Waals surface area contributed by atoms with Crippen LogP contribution in [-0.4, -0.2) is 48.5 Å². The Balaban J connectivity index is 2.03. The van der Waals surface area contributed by atoms with Crippen LogP contribution in [-0.2, 0) is 9.59 Å². The maximum absolute atomic E-state index is 11.7. The second kappa shape index (κ2) is 10.0. The maximum atomic E-state index is 11.7. The summed E-state index contributed by atoms with van der Waals surface area (Å²) in [4.78, 5) is 23.2. The van der Waals surface area contributed by atoms with E-state index in [1.54, 1.807) is 11.8 Å². The summed E-state index contributed by atoms with van der Waals surface area (Å²) in [5, 5.41) is 9.60. The van der Waals surface area contributed by atoms with E-state index in [0.29, 0.717) is 24.0 Å². The van der Waals surface area contributed by atoms with Gasteiger partial charge in [-0.3, -0.25) is 9.59 Å². The molecule has 6 heteroatoms. The van der Waals surface area contributed by atoms with Gasteiger partial charge in [0.15, 0.2) is 0 Å². The number of thioether (sulfide) groups is 1. The number of hydrogen-bond acceptors (Lipinski definition) is 4. The molecule has 0 aromatic rings. The number of rotatable bonds is 8. The van der Waals surface area contributed by atoms with Gasteiger partial charge in [-0.2, -0.15) is 0 Å². The van der Waals surface area contributed by atoms with Crippen molar-refractivity contribution < 1.29 is 9.59 Å². The zero-order valence-electron chi connectivity index (χ0n) is 12.5. The van der Waals surface area contributed by atoms with Crippen LogP contribution in [0.1, 0.15) is 39.5 Å². The Bertz CT molecular complexity index is 307. The van der Waals surface area contributed by atoms with Crippen LogP contribution < -0.4 is 16.0 Å². The van der Waals surface area contributed by atoms with E-state index in [4.69, 9.17) is 0 Å². The fraction of sp³-hybridized carbons (Fsp3) is 0.857. The highest BCUT2D eigenvalue weighted by Crippen LogP contribution is 2.19. The highest BCUT2D eigenvalue weighted by atomic mass is 32.2. The van der Waals surface area contributed by atoms with E-state index in [1.165, 1.54) is 0 Å². The van der Waals surface area contributed by atoms with Crippen molar-refractivity contribution in [1.82, 2.24) is 16.0 Å². The summed E-state index contributed by atoms with van der Waals surface area (Å²) in [7, 11) is 0. The normalized spacial score (nSPS) is 17.5. The number of hydrogen-bond donors (Lipinski definition) is 3. The number of carbonyl (C=O) groups excluding carboxylic acids is 2. The molecule has 0 bridgehead atoms. The van der Waals surface area contributed by atoms with Gasteiger partial charge in [0.25, 0.3) is 0 Å². The fourth-order valence-electron chi connectivity index (χ4n) is 1.97. The molecule has 0 aromatic heterocycles. The monoisotopic (exact) mass is 301 g/mol. The maximum Gasteiger partial charge on any atom is 0.230 e. The van der Waals surface area contributed by atoms with Gasteiger partial charge in [-0.1, -0.05) is 6.92 Å². The van der Waals surface area contributed by atoms with Crippen LogP contribution in [0.2, 0.25) is 0 Å². The van der Waals surface area contributed by atoms with Crippen LogP contribution in [0, 0.1) is 0 Å². The van der Waals surface area contributed by atoms with E-state index >= 15 is 0 Å². The second-order valence-corrected chi connectivity index (χ2v) is 6.53. The molecular formula is C14H27N3O2S. The molecule has 1 saturated heterocycles. The number of carbonyl (C=O) groups is 2. The van der Waals surface area contributed by atoms with Crippen molar-refractivity contribution in [2.45, 2.75) is 50.8 Å². The summed E-state index contributed by atoms with van der Waals surface area (Å²) in [6.45, 7) is 6.54. The molecule has 1 aliphatic heterocycles. The number of nitrogens with one attached hydrogen (secondary N) is 3. The van der Waals surface area contributed by atoms with Gasteiger partial charge in [-0.15, -0.1) is 11.8 Å². The lowest BCUT2D eigenvalue weighted by Crippen LogP contribution is -2.36. The molecule has 1 heterocycles. The van der Waals surface area contributed by atoms with Gasteiger partial charge in [0.05, 0.1) is 5.75 Å². The molecule has 20 heavy (non-hydrogen) atoms. The zero-order valence-corrected chi connectivity index (χ0v) is 13.4. The minimum Gasteiger partial charge on any atom is -0.355 e. The molecule has 0 spiro atoms. The van der Waals surface area contributed by atoms with Gasteiger partial charge in [0.2, 0.25) is 11.8 Å². The van der Waals surface area contributed by atoms with E-state index in [0.717, 1.165) is 32.4 Å². The van der Waals surface area contributed by atoms with Crippen molar-refractivity contribution in [2.75, 3.05) is 25.4 Å². The molecule has 2 amide bonds. The first-order valence-corrected chi connectivity index (χ1v) is 8.55. The Morgan fingerprint density at radius 2 is 2.00 bits per heavy atom. The average Bonchev–Trinajstić information content (AvgIpc) is 2.46. The third-order valence-electron chi connectivity index (χ3n) is 3.43. The first-order chi connectivity index (χ1) is 9.61. The summed E-state index contributed by atoms with van der Waals surface area (Å²) < 4.78 is 0. The topological polar surface area (TPSA) is 70.2 Å². The third-order valence-corrected chi connectivity index (χ3v) is 4.80. The molecule has 1 aliphatic rings. The van der Waals surface area contributed by atoms with E-state index in [1.807, 2.05) is 13.8 Å². The number of amides is 2. The zero-order chi connectivity index (χ0) is 14.8. The molecule has 0 aromatic carbocycles. The molecule has 5 nitrogen and oxygen atoms in total. The molecule has 1 atom stereocenters. The Kier molecular flexibility index (Phi) is 8.69. The summed E-state index contributed by atoms with van der Waals surface area (Å²) >= 11 is 1.73. The highest BCUT2D eigenvalue weighted by Gasteiger charge is 2.15. The third kappa shape index (κ3) is 7.75. The minimum atomic E-state index is 0.00524. The second-order valence-electron chi connectivity index (χ2n) is 5.24. The Morgan fingerprint density at radius 1 is 1.30 bits per heavy atom. The first kappa shape index (κ1) is 17.3. The van der Waals surface area contributed by atoms with Gasteiger partial charge in [-0.05, 0) is 39.3 Å². The lowest BCUT2D eigenvalue weighted by molar-refractivity contribution is -0.122. The van der Waals surface area contributed by atoms with Gasteiger partial charge in [0.1, 0.15) is 0 Å². The van der Waals surface area contributed by atoms with E-state index in [2.05, 4.69) is 16.0 Å². The molecule has 116 valence electrons. The van der Waals surface area contributed by atoms with Crippen LogP contribution in [0.5, 0.6) is 0 Å². The Hall–Kier alpha value is -0.750. The predicted octanol–water partition coefficient (Wildman–Crippen LogP) is 0.893. The molecule has 0 saturated carbocycles. The number of piperidine rings is 1. The van der Waals surface area contributed by atoms with E-state index in [-0.39, 0.29) is 17.9 Å². The first-order valence-electron chi connectivity index (χ1n) is 7.50. The molecule has 1 rings (SSSR count). The molecule has 0 radical (unpaired) electrons. The lowest BCUT2D eigenvalue weighted by Gasteiger charge is -2.21. The van der Waals surface area contributed by atoms with Crippen LogP contribution in [0.4, 0.5) is 0 Å². The summed E-state index contributed by atoms with van der Waals surface area (Å²) in [5.41, 5.74) is 0. The molecule has 0 aliphatic carbocycles. The quantitative estimate of drug-likeness (QED) is 0.623. The summed E-state index contributed by atoms with van der Waals surface area (Å²) in [6.07, 6.45) is 3.55. The average molecular weight is 301 g/mol. The largest absolute Gasteiger partial charge is 0.355 e. The highest BCUT2D eigenvalue weighted by molar-refractivity contribution is 8.00. The predicted molar refractivity (Wildman–Crippen MR) is 83.9 cm³/mol. The standard InChI is InChI=1S/C14H27N3O2S/c1-3-11(2)17-13(18)6-9-16-14(19)10-20-12-4-7-15-8-5-12/h11-12,15H,3-10H2,1-2H3,(H,16,19)(H,17,18). The molecule has 3 N–H and O–H groups in total. The van der Waals surface area contributed by atoms with Crippen LogP contribution in [0.15, 0.2) is 0 Å². The van der Waals surface area contributed by atoms with Gasteiger partial charge < -0.3 is 16.0 Å². The van der Waals surface area contributed by atoms with Crippen molar-refractivity contribution in [2.24, 2.45) is 0 Å². The molecular weight excluding hydrogens is 274 g/mol. The van der Waals surface area contributed by atoms with Crippen LogP contribution in [0.25, 0.3) is 0 Å². The van der Waals surface area contributed by atoms with Crippen molar-refractivity contribution in [3.63, 3.8) is 0 Å². The summed E-state index contributed by atoms with van der Waals surface area (Å²) in [5.74, 6) is 0.535. The van der Waals surface area contributed by atoms with E-state index in [9.17, 15) is 9.59 Å².